The molecule has 1 aromatic heterocycles. The van der Waals surface area contributed by atoms with Gasteiger partial charge >= 0.3 is 0 Å². The molecule has 1 aliphatic rings. The van der Waals surface area contributed by atoms with Crippen LogP contribution in [0.3, 0.4) is 0 Å². The first-order valence-electron chi connectivity index (χ1n) is 8.22. The first kappa shape index (κ1) is 18.2. The van der Waals surface area contributed by atoms with Crippen LogP contribution in [0.5, 0.6) is 5.75 Å². The molecule has 0 saturated heterocycles. The molecule has 7 nitrogen and oxygen atoms in total. The van der Waals surface area contributed by atoms with Crippen molar-refractivity contribution in [3.63, 3.8) is 0 Å². The number of hydrogen-bond donors (Lipinski definition) is 2. The fourth-order valence-corrected chi connectivity index (χ4v) is 3.39. The molecule has 3 rings (SSSR count). The normalized spacial score (nSPS) is 14.4. The number of nitrogens with zero attached hydrogens (tertiary/aromatic N) is 1. The predicted octanol–water partition coefficient (Wildman–Crippen LogP) is 2.59. The van der Waals surface area contributed by atoms with Gasteiger partial charge in [0, 0.05) is 11.6 Å². The van der Waals surface area contributed by atoms with Crippen LogP contribution in [0.4, 0.5) is 5.69 Å². The Morgan fingerprint density at radius 3 is 2.73 bits per heavy atom. The van der Waals surface area contributed by atoms with E-state index in [-0.39, 0.29) is 29.8 Å². The zero-order chi connectivity index (χ0) is 18.8. The molecule has 1 aromatic carbocycles. The van der Waals surface area contributed by atoms with Gasteiger partial charge < -0.3 is 15.0 Å². The lowest BCUT2D eigenvalue weighted by molar-refractivity contribution is -0.118. The number of carbonyl (C=O) groups excluding carboxylic acids is 2. The Bertz CT molecular complexity index is 923. The molecule has 0 radical (unpaired) electrons. The Kier molecular flexibility index (Phi) is 5.13. The number of Topliss-reactive ketones (excluding diaryl/α,β-unsaturated/α-hetero) is 1. The molecule has 1 unspecified atom stereocenters. The summed E-state index contributed by atoms with van der Waals surface area (Å²) in [7, 11) is 0. The second kappa shape index (κ2) is 7.33. The molecule has 8 heteroatoms. The lowest BCUT2D eigenvalue weighted by atomic mass is 10.1. The molecular weight excluding hydrogens is 354 g/mol. The summed E-state index contributed by atoms with van der Waals surface area (Å²) in [5, 5.41) is 2.64. The van der Waals surface area contributed by atoms with Gasteiger partial charge in [-0.3, -0.25) is 14.4 Å². The van der Waals surface area contributed by atoms with Crippen molar-refractivity contribution in [2.24, 2.45) is 0 Å². The van der Waals surface area contributed by atoms with Gasteiger partial charge in [-0.1, -0.05) is 25.6 Å². The molecule has 2 aromatic rings. The van der Waals surface area contributed by atoms with Gasteiger partial charge in [-0.2, -0.15) is 0 Å². The molecule has 1 atom stereocenters. The molecule has 2 heterocycles. The number of fused-ring (bicyclic) bond motifs is 1. The van der Waals surface area contributed by atoms with Gasteiger partial charge in [-0.25, -0.2) is 4.98 Å². The van der Waals surface area contributed by atoms with E-state index in [4.69, 9.17) is 4.74 Å². The molecule has 2 N–H and O–H groups in total. The number of benzene rings is 1. The van der Waals surface area contributed by atoms with Gasteiger partial charge in [0.15, 0.2) is 17.5 Å². The highest BCUT2D eigenvalue weighted by molar-refractivity contribution is 8.00. The second-order valence-electron chi connectivity index (χ2n) is 6.30. The third-order valence-corrected chi connectivity index (χ3v) is 4.87. The summed E-state index contributed by atoms with van der Waals surface area (Å²) >= 11 is 1.20. The number of hydrogen-bond acceptors (Lipinski definition) is 6. The van der Waals surface area contributed by atoms with Crippen molar-refractivity contribution < 1.29 is 14.3 Å². The van der Waals surface area contributed by atoms with Gasteiger partial charge in [0.2, 0.25) is 0 Å². The molecule has 136 valence electrons. The fraction of sp³-hybridized carbons (Fsp3) is 0.333. The average molecular weight is 373 g/mol. The van der Waals surface area contributed by atoms with E-state index in [1.54, 1.807) is 25.1 Å². The first-order chi connectivity index (χ1) is 12.3. The summed E-state index contributed by atoms with van der Waals surface area (Å²) in [5.41, 5.74) is 1.39. The molecular formula is C18H19N3O4S. The third kappa shape index (κ3) is 3.96. The quantitative estimate of drug-likeness (QED) is 0.475. The molecule has 0 fully saturated rings. The van der Waals surface area contributed by atoms with Gasteiger partial charge in [-0.15, -0.1) is 0 Å². The lowest BCUT2D eigenvalue weighted by Gasteiger charge is -2.19. The molecule has 0 bridgehead atoms. The Balaban J connectivity index is 1.79. The number of aromatic nitrogens is 2. The van der Waals surface area contributed by atoms with E-state index < -0.39 is 5.25 Å². The summed E-state index contributed by atoms with van der Waals surface area (Å²) in [4.78, 5) is 43.0. The van der Waals surface area contributed by atoms with Crippen molar-refractivity contribution in [3.05, 3.63) is 45.9 Å². The highest BCUT2D eigenvalue weighted by Crippen LogP contribution is 2.30. The number of H-pyrrole nitrogens is 1. The van der Waals surface area contributed by atoms with Crippen molar-refractivity contribution in [2.45, 2.75) is 37.1 Å². The number of anilines is 1. The zero-order valence-electron chi connectivity index (χ0n) is 14.7. The summed E-state index contributed by atoms with van der Waals surface area (Å²) in [5.74, 6) is 0.274. The first-order valence-corrected chi connectivity index (χ1v) is 9.10. The SMILES string of the molecule is CC(Sc1nc(C(C)C)cc(=O)[nH]1)C(=O)c1ccc2c(c1)NC(=O)CO2. The average Bonchev–Trinajstić information content (AvgIpc) is 2.59. The lowest BCUT2D eigenvalue weighted by Crippen LogP contribution is -2.26. The van der Waals surface area contributed by atoms with Crippen LogP contribution < -0.4 is 15.6 Å². The molecule has 0 saturated carbocycles. The van der Waals surface area contributed by atoms with Crippen LogP contribution in [-0.2, 0) is 4.79 Å². The van der Waals surface area contributed by atoms with Gasteiger partial charge in [0.1, 0.15) is 5.75 Å². The van der Waals surface area contributed by atoms with Crippen molar-refractivity contribution in [1.82, 2.24) is 9.97 Å². The Hall–Kier alpha value is -2.61. The third-order valence-electron chi connectivity index (χ3n) is 3.89. The van der Waals surface area contributed by atoms with Gasteiger partial charge in [-0.05, 0) is 31.0 Å². The Labute approximate surface area is 154 Å². The van der Waals surface area contributed by atoms with Crippen LogP contribution >= 0.6 is 11.8 Å². The van der Waals surface area contributed by atoms with Gasteiger partial charge in [0.25, 0.3) is 11.5 Å². The van der Waals surface area contributed by atoms with Crippen LogP contribution in [0, 0.1) is 0 Å². The number of ketones is 1. The van der Waals surface area contributed by atoms with E-state index in [9.17, 15) is 14.4 Å². The van der Waals surface area contributed by atoms with E-state index >= 15 is 0 Å². The van der Waals surface area contributed by atoms with E-state index in [0.29, 0.717) is 27.9 Å². The number of carbonyl (C=O) groups is 2. The molecule has 1 amide bonds. The number of amides is 1. The van der Waals surface area contributed by atoms with Crippen LogP contribution in [-0.4, -0.2) is 33.5 Å². The molecule has 26 heavy (non-hydrogen) atoms. The van der Waals surface area contributed by atoms with Crippen LogP contribution in [0.25, 0.3) is 0 Å². The summed E-state index contributed by atoms with van der Waals surface area (Å²) < 4.78 is 5.30. The molecule has 0 aliphatic carbocycles. The van der Waals surface area contributed by atoms with E-state index in [0.717, 1.165) is 0 Å². The smallest absolute Gasteiger partial charge is 0.262 e. The minimum absolute atomic E-state index is 0.0300. The number of thioether (sulfide) groups is 1. The zero-order valence-corrected chi connectivity index (χ0v) is 15.5. The molecule has 1 aliphatic heterocycles. The summed E-state index contributed by atoms with van der Waals surface area (Å²) in [6, 6.07) is 6.40. The van der Waals surface area contributed by atoms with Crippen LogP contribution in [0.2, 0.25) is 0 Å². The number of aromatic amines is 1. The highest BCUT2D eigenvalue weighted by Gasteiger charge is 2.22. The maximum Gasteiger partial charge on any atom is 0.262 e. The topological polar surface area (TPSA) is 101 Å². The minimum atomic E-state index is -0.459. The maximum absolute atomic E-state index is 12.7. The monoisotopic (exact) mass is 373 g/mol. The van der Waals surface area contributed by atoms with Crippen molar-refractivity contribution in [3.8, 4) is 5.75 Å². The Morgan fingerprint density at radius 2 is 2.00 bits per heavy atom. The van der Waals surface area contributed by atoms with E-state index in [1.165, 1.54) is 17.8 Å². The minimum Gasteiger partial charge on any atom is -0.482 e. The predicted molar refractivity (Wildman–Crippen MR) is 99.2 cm³/mol. The fourth-order valence-electron chi connectivity index (χ4n) is 2.50. The van der Waals surface area contributed by atoms with Crippen LogP contribution in [0.15, 0.2) is 34.2 Å². The Morgan fingerprint density at radius 1 is 1.23 bits per heavy atom. The molecule has 0 spiro atoms. The largest absolute Gasteiger partial charge is 0.482 e. The highest BCUT2D eigenvalue weighted by atomic mass is 32.2. The standard InChI is InChI=1S/C18H19N3O4S/c1-9(2)12-7-15(22)21-18(20-12)26-10(3)17(24)11-4-5-14-13(6-11)19-16(23)8-25-14/h4-7,9-10H,8H2,1-3H3,(H,19,23)(H,20,21,22). The maximum atomic E-state index is 12.7. The van der Waals surface area contributed by atoms with Crippen LogP contribution in [0.1, 0.15) is 42.7 Å². The van der Waals surface area contributed by atoms with Crippen molar-refractivity contribution in [2.75, 3.05) is 11.9 Å². The van der Waals surface area contributed by atoms with E-state index in [2.05, 4.69) is 15.3 Å². The number of nitrogens with one attached hydrogen (secondary N) is 2. The number of rotatable bonds is 5. The van der Waals surface area contributed by atoms with E-state index in [1.807, 2.05) is 13.8 Å². The summed E-state index contributed by atoms with van der Waals surface area (Å²) in [6.07, 6.45) is 0. The van der Waals surface area contributed by atoms with Gasteiger partial charge in [0.05, 0.1) is 16.6 Å². The van der Waals surface area contributed by atoms with Crippen molar-refractivity contribution in [1.29, 1.82) is 0 Å². The second-order valence-corrected chi connectivity index (χ2v) is 7.63. The number of ether oxygens (including phenoxy) is 1. The summed E-state index contributed by atoms with van der Waals surface area (Å²) in [6.45, 7) is 5.63. The van der Waals surface area contributed by atoms with Crippen molar-refractivity contribution >= 4 is 29.1 Å².